The van der Waals surface area contributed by atoms with Crippen LogP contribution in [0.15, 0.2) is 54.6 Å². The number of hydrogen-bond acceptors (Lipinski definition) is 2. The summed E-state index contributed by atoms with van der Waals surface area (Å²) in [5.74, 6) is -0.346. The van der Waals surface area contributed by atoms with Gasteiger partial charge in [0.05, 0.1) is 12.5 Å². The van der Waals surface area contributed by atoms with E-state index in [9.17, 15) is 4.79 Å². The smallest absolute Gasteiger partial charge is 0.250 e. The Labute approximate surface area is 125 Å². The highest BCUT2D eigenvalue weighted by molar-refractivity contribution is 5.82. The Hall–Kier alpha value is -2.13. The fourth-order valence-electron chi connectivity index (χ4n) is 2.19. The summed E-state index contributed by atoms with van der Waals surface area (Å²) in [5, 5.41) is 0. The van der Waals surface area contributed by atoms with Crippen LogP contribution in [0, 0.1) is 0 Å². The molecule has 0 saturated carbocycles. The first-order valence-electron chi connectivity index (χ1n) is 7.25. The average molecular weight is 283 g/mol. The molecule has 1 atom stereocenters. The van der Waals surface area contributed by atoms with Crippen molar-refractivity contribution in [3.63, 3.8) is 0 Å². The van der Waals surface area contributed by atoms with Crippen molar-refractivity contribution in [3.05, 3.63) is 71.3 Å². The molecule has 0 aromatic heterocycles. The number of benzene rings is 2. The Balaban J connectivity index is 2.08. The van der Waals surface area contributed by atoms with E-state index >= 15 is 0 Å². The van der Waals surface area contributed by atoms with Crippen LogP contribution in [0.1, 0.15) is 36.5 Å². The fraction of sp³-hybridized carbons (Fsp3) is 0.278. The molecule has 3 heteroatoms. The molecule has 1 unspecified atom stereocenters. The lowest BCUT2D eigenvalue weighted by molar-refractivity contribution is -0.134. The second kappa shape index (κ2) is 7.60. The molecule has 2 rings (SSSR count). The molecule has 0 fully saturated rings. The number of nitrogens with one attached hydrogen (secondary N) is 1. The van der Waals surface area contributed by atoms with Crippen LogP contribution in [0.5, 0.6) is 0 Å². The zero-order chi connectivity index (χ0) is 15.1. The van der Waals surface area contributed by atoms with E-state index in [0.29, 0.717) is 6.61 Å². The van der Waals surface area contributed by atoms with Crippen LogP contribution >= 0.6 is 0 Å². The van der Waals surface area contributed by atoms with Crippen molar-refractivity contribution in [1.29, 1.82) is 0 Å². The summed E-state index contributed by atoms with van der Waals surface area (Å²) < 4.78 is 0. The summed E-state index contributed by atoms with van der Waals surface area (Å²) in [7, 11) is 0. The van der Waals surface area contributed by atoms with Crippen LogP contribution in [-0.4, -0.2) is 12.5 Å². The van der Waals surface area contributed by atoms with Gasteiger partial charge in [-0.15, -0.1) is 0 Å². The van der Waals surface area contributed by atoms with Gasteiger partial charge in [-0.3, -0.25) is 9.63 Å². The molecule has 110 valence electrons. The van der Waals surface area contributed by atoms with Crippen LogP contribution in [0.4, 0.5) is 0 Å². The van der Waals surface area contributed by atoms with Gasteiger partial charge in [0.1, 0.15) is 0 Å². The third-order valence-electron chi connectivity index (χ3n) is 3.41. The zero-order valence-corrected chi connectivity index (χ0v) is 12.5. The lowest BCUT2D eigenvalue weighted by atomic mass is 9.96. The molecule has 0 radical (unpaired) electrons. The second-order valence-electron chi connectivity index (χ2n) is 5.03. The molecule has 3 nitrogen and oxygen atoms in total. The molecule has 0 spiro atoms. The predicted molar refractivity (Wildman–Crippen MR) is 83.9 cm³/mol. The van der Waals surface area contributed by atoms with Gasteiger partial charge >= 0.3 is 0 Å². The standard InChI is InChI=1S/C18H21NO2/c1-3-21-19-18(20)14(2)17-11-7-10-16(13-17)12-15-8-5-4-6-9-15/h4-11,13-14H,3,12H2,1-2H3,(H,19,20). The van der Waals surface area contributed by atoms with Crippen molar-refractivity contribution >= 4 is 5.91 Å². The maximum Gasteiger partial charge on any atom is 0.250 e. The predicted octanol–water partition coefficient (Wildman–Crippen LogP) is 3.45. The number of hydroxylamine groups is 1. The summed E-state index contributed by atoms with van der Waals surface area (Å²) in [4.78, 5) is 16.9. The van der Waals surface area contributed by atoms with Crippen LogP contribution in [-0.2, 0) is 16.1 Å². The molecule has 0 bridgehead atoms. The van der Waals surface area contributed by atoms with E-state index in [1.165, 1.54) is 11.1 Å². The minimum absolute atomic E-state index is 0.117. The van der Waals surface area contributed by atoms with Gasteiger partial charge in [-0.05, 0) is 37.0 Å². The van der Waals surface area contributed by atoms with Gasteiger partial charge in [0.15, 0.2) is 0 Å². The molecule has 0 aliphatic heterocycles. The molecule has 21 heavy (non-hydrogen) atoms. The third kappa shape index (κ3) is 4.43. The molecular weight excluding hydrogens is 262 g/mol. The van der Waals surface area contributed by atoms with E-state index in [4.69, 9.17) is 4.84 Å². The highest BCUT2D eigenvalue weighted by atomic mass is 16.6. The summed E-state index contributed by atoms with van der Waals surface area (Å²) in [6.07, 6.45) is 0.870. The van der Waals surface area contributed by atoms with E-state index in [1.54, 1.807) is 0 Å². The molecule has 0 heterocycles. The highest BCUT2D eigenvalue weighted by Gasteiger charge is 2.15. The minimum atomic E-state index is -0.229. The molecule has 1 N–H and O–H groups in total. The SMILES string of the molecule is CCONC(=O)C(C)c1cccc(Cc2ccccc2)c1. The number of hydrogen-bond donors (Lipinski definition) is 1. The summed E-state index contributed by atoms with van der Waals surface area (Å²) in [6, 6.07) is 18.5. The van der Waals surface area contributed by atoms with Crippen molar-refractivity contribution in [2.24, 2.45) is 0 Å². The van der Waals surface area contributed by atoms with E-state index < -0.39 is 0 Å². The van der Waals surface area contributed by atoms with Crippen LogP contribution in [0.25, 0.3) is 0 Å². The lowest BCUT2D eigenvalue weighted by Crippen LogP contribution is -2.28. The Morgan fingerprint density at radius 2 is 1.81 bits per heavy atom. The van der Waals surface area contributed by atoms with Crippen LogP contribution in [0.2, 0.25) is 0 Å². The fourth-order valence-corrected chi connectivity index (χ4v) is 2.19. The lowest BCUT2D eigenvalue weighted by Gasteiger charge is -2.13. The Kier molecular flexibility index (Phi) is 5.52. The van der Waals surface area contributed by atoms with E-state index in [1.807, 2.05) is 44.2 Å². The Bertz CT molecular complexity index is 581. The average Bonchev–Trinajstić information content (AvgIpc) is 2.53. The number of amides is 1. The van der Waals surface area contributed by atoms with Crippen molar-refractivity contribution in [2.45, 2.75) is 26.2 Å². The molecular formula is C18H21NO2. The molecule has 2 aromatic rings. The van der Waals surface area contributed by atoms with Crippen molar-refractivity contribution in [1.82, 2.24) is 5.48 Å². The van der Waals surface area contributed by atoms with Gasteiger partial charge in [0.2, 0.25) is 0 Å². The van der Waals surface area contributed by atoms with Gasteiger partial charge in [0.25, 0.3) is 5.91 Å². The number of rotatable bonds is 6. The molecule has 0 aliphatic carbocycles. The Morgan fingerprint density at radius 3 is 2.52 bits per heavy atom. The van der Waals surface area contributed by atoms with Crippen molar-refractivity contribution in [2.75, 3.05) is 6.61 Å². The van der Waals surface area contributed by atoms with Gasteiger partial charge in [0, 0.05) is 0 Å². The van der Waals surface area contributed by atoms with E-state index in [0.717, 1.165) is 12.0 Å². The summed E-state index contributed by atoms with van der Waals surface area (Å²) >= 11 is 0. The van der Waals surface area contributed by atoms with Crippen molar-refractivity contribution < 1.29 is 9.63 Å². The van der Waals surface area contributed by atoms with Crippen LogP contribution in [0.3, 0.4) is 0 Å². The van der Waals surface area contributed by atoms with Crippen LogP contribution < -0.4 is 5.48 Å². The van der Waals surface area contributed by atoms with Crippen molar-refractivity contribution in [3.8, 4) is 0 Å². The normalized spacial score (nSPS) is 11.9. The molecule has 1 amide bonds. The first-order chi connectivity index (χ1) is 10.2. The first kappa shape index (κ1) is 15.3. The van der Waals surface area contributed by atoms with Gasteiger partial charge in [-0.1, -0.05) is 54.6 Å². The molecule has 2 aromatic carbocycles. The minimum Gasteiger partial charge on any atom is -0.274 e. The second-order valence-corrected chi connectivity index (χ2v) is 5.03. The monoisotopic (exact) mass is 283 g/mol. The van der Waals surface area contributed by atoms with Gasteiger partial charge in [-0.25, -0.2) is 5.48 Å². The largest absolute Gasteiger partial charge is 0.274 e. The number of carbonyl (C=O) groups is 1. The topological polar surface area (TPSA) is 38.3 Å². The quantitative estimate of drug-likeness (QED) is 0.825. The number of carbonyl (C=O) groups excluding carboxylic acids is 1. The third-order valence-corrected chi connectivity index (χ3v) is 3.41. The van der Waals surface area contributed by atoms with E-state index in [-0.39, 0.29) is 11.8 Å². The summed E-state index contributed by atoms with van der Waals surface area (Å²) in [6.45, 7) is 4.19. The highest BCUT2D eigenvalue weighted by Crippen LogP contribution is 2.18. The van der Waals surface area contributed by atoms with Gasteiger partial charge in [-0.2, -0.15) is 0 Å². The summed E-state index contributed by atoms with van der Waals surface area (Å²) in [5.41, 5.74) is 5.93. The maximum absolute atomic E-state index is 11.9. The first-order valence-corrected chi connectivity index (χ1v) is 7.25. The molecule has 0 saturated heterocycles. The molecule has 0 aliphatic rings. The van der Waals surface area contributed by atoms with E-state index in [2.05, 4.69) is 29.7 Å². The van der Waals surface area contributed by atoms with Gasteiger partial charge < -0.3 is 0 Å². The zero-order valence-electron chi connectivity index (χ0n) is 12.5. The maximum atomic E-state index is 11.9. The Morgan fingerprint density at radius 1 is 1.10 bits per heavy atom.